The van der Waals surface area contributed by atoms with E-state index in [4.69, 9.17) is 35.3 Å². The van der Waals surface area contributed by atoms with Crippen molar-refractivity contribution in [2.24, 2.45) is 0 Å². The topological polar surface area (TPSA) is 156 Å². The zero-order valence-corrected chi connectivity index (χ0v) is 34.1. The average molecular weight is 835 g/mol. The number of halogens is 2. The summed E-state index contributed by atoms with van der Waals surface area (Å²) in [6.45, 7) is 2.46. The summed E-state index contributed by atoms with van der Waals surface area (Å²) in [6.07, 6.45) is 1.13. The lowest BCUT2D eigenvalue weighted by Crippen LogP contribution is -2.15. The Hall–Kier alpha value is -5.84. The molecule has 0 fully saturated rings. The van der Waals surface area contributed by atoms with Gasteiger partial charge in [0.2, 0.25) is 22.1 Å². The number of carbonyl (C=O) groups excluding carboxylic acids is 2. The van der Waals surface area contributed by atoms with Crippen LogP contribution >= 0.6 is 34.3 Å². The van der Waals surface area contributed by atoms with Gasteiger partial charge >= 0.3 is 0 Å². The Balaban J connectivity index is 0.000000218. The molecular weight excluding hydrogens is 795 g/mol. The molecule has 57 heavy (non-hydrogen) atoms. The minimum Gasteiger partial charge on any atom is -0.494 e. The van der Waals surface area contributed by atoms with Gasteiger partial charge in [0, 0.05) is 29.0 Å². The third-order valence-electron chi connectivity index (χ3n) is 8.06. The fraction of sp³-hybridized carbons (Fsp3) is 0.250. The van der Waals surface area contributed by atoms with Gasteiger partial charge in [0.1, 0.15) is 21.6 Å². The van der Waals surface area contributed by atoms with Gasteiger partial charge in [0.05, 0.1) is 47.9 Å². The van der Waals surface area contributed by atoms with E-state index in [0.29, 0.717) is 57.7 Å². The Morgan fingerprint density at radius 1 is 0.649 bits per heavy atom. The van der Waals surface area contributed by atoms with E-state index in [1.165, 1.54) is 34.8 Å². The summed E-state index contributed by atoms with van der Waals surface area (Å²) in [4.78, 5) is 24.6. The fourth-order valence-electron chi connectivity index (χ4n) is 5.39. The molecule has 0 atom stereocenters. The molecule has 0 saturated heterocycles. The van der Waals surface area contributed by atoms with Crippen molar-refractivity contribution < 1.29 is 37.7 Å². The van der Waals surface area contributed by atoms with Crippen molar-refractivity contribution in [2.75, 3.05) is 45.7 Å². The van der Waals surface area contributed by atoms with Gasteiger partial charge in [0.25, 0.3) is 0 Å². The van der Waals surface area contributed by atoms with Gasteiger partial charge in [-0.25, -0.2) is 4.39 Å². The lowest BCUT2D eigenvalue weighted by molar-refractivity contribution is -0.116. The van der Waals surface area contributed by atoms with Crippen molar-refractivity contribution in [3.63, 3.8) is 0 Å². The summed E-state index contributed by atoms with van der Waals surface area (Å²) in [5, 5.41) is 24.3. The largest absolute Gasteiger partial charge is 0.494 e. The number of para-hydroxylation sites is 1. The monoisotopic (exact) mass is 834 g/mol. The van der Waals surface area contributed by atoms with Gasteiger partial charge in [-0.15, -0.1) is 20.4 Å². The first-order valence-corrected chi connectivity index (χ1v) is 19.4. The summed E-state index contributed by atoms with van der Waals surface area (Å²) in [6, 6.07) is 23.1. The Morgan fingerprint density at radius 3 is 1.68 bits per heavy atom. The maximum atomic E-state index is 13.8. The Bertz CT molecular complexity index is 2270. The molecule has 0 bridgehead atoms. The SMILES string of the molecule is CCOc1ccccc1CC(=O)Nc1nnc(Cc2ccc(OC)c(OC)c2)s1.COc1ccc(Cc2nnc(NC(=O)Cc3c(F)cccc3Cl)s2)cc1OC. The van der Waals surface area contributed by atoms with E-state index < -0.39 is 11.7 Å². The smallest absolute Gasteiger partial charge is 0.230 e. The van der Waals surface area contributed by atoms with Crippen LogP contribution in [0.15, 0.2) is 78.9 Å². The minimum absolute atomic E-state index is 0.150. The predicted octanol–water partition coefficient (Wildman–Crippen LogP) is 7.85. The van der Waals surface area contributed by atoms with Crippen molar-refractivity contribution in [3.05, 3.63) is 122 Å². The molecule has 2 N–H and O–H groups in total. The first-order valence-electron chi connectivity index (χ1n) is 17.4. The van der Waals surface area contributed by atoms with E-state index >= 15 is 0 Å². The number of anilines is 2. The van der Waals surface area contributed by atoms with E-state index in [-0.39, 0.29) is 29.3 Å². The lowest BCUT2D eigenvalue weighted by atomic mass is 10.1. The minimum atomic E-state index is -0.519. The highest BCUT2D eigenvalue weighted by Gasteiger charge is 2.16. The summed E-state index contributed by atoms with van der Waals surface area (Å²) in [5.74, 6) is 2.23. The molecule has 2 heterocycles. The molecule has 6 rings (SSSR count). The number of nitrogens with one attached hydrogen (secondary N) is 2. The zero-order chi connectivity index (χ0) is 40.7. The van der Waals surface area contributed by atoms with Crippen LogP contribution in [0.4, 0.5) is 14.7 Å². The second-order valence-electron chi connectivity index (χ2n) is 11.9. The fourth-order valence-corrected chi connectivity index (χ4v) is 7.20. The molecule has 0 aliphatic carbocycles. The highest BCUT2D eigenvalue weighted by Crippen LogP contribution is 2.31. The molecule has 0 spiro atoms. The summed E-state index contributed by atoms with van der Waals surface area (Å²) < 4.78 is 40.5. The number of rotatable bonds is 16. The number of carbonyl (C=O) groups is 2. The summed E-state index contributed by atoms with van der Waals surface area (Å²) in [7, 11) is 6.35. The van der Waals surface area contributed by atoms with Crippen molar-refractivity contribution in [2.45, 2.75) is 32.6 Å². The predicted molar refractivity (Wildman–Crippen MR) is 218 cm³/mol. The summed E-state index contributed by atoms with van der Waals surface area (Å²) >= 11 is 8.55. The van der Waals surface area contributed by atoms with Crippen molar-refractivity contribution in [3.8, 4) is 28.7 Å². The highest BCUT2D eigenvalue weighted by atomic mass is 35.5. The maximum Gasteiger partial charge on any atom is 0.230 e. The Morgan fingerprint density at radius 2 is 1.18 bits per heavy atom. The van der Waals surface area contributed by atoms with Crippen molar-refractivity contribution in [1.29, 1.82) is 0 Å². The molecule has 13 nitrogen and oxygen atoms in total. The molecule has 0 saturated carbocycles. The highest BCUT2D eigenvalue weighted by molar-refractivity contribution is 7.15. The van der Waals surface area contributed by atoms with Crippen LogP contribution in [-0.4, -0.2) is 67.3 Å². The van der Waals surface area contributed by atoms with Crippen LogP contribution in [0.1, 0.15) is 39.2 Å². The van der Waals surface area contributed by atoms with E-state index in [9.17, 15) is 14.0 Å². The molecule has 2 aromatic heterocycles. The Labute approximate surface area is 342 Å². The first kappa shape index (κ1) is 42.3. The number of ether oxygens (including phenoxy) is 5. The van der Waals surface area contributed by atoms with Crippen molar-refractivity contribution in [1.82, 2.24) is 20.4 Å². The summed E-state index contributed by atoms with van der Waals surface area (Å²) in [5.41, 5.74) is 2.96. The molecule has 0 radical (unpaired) electrons. The molecule has 0 aliphatic rings. The third-order valence-corrected chi connectivity index (χ3v) is 10.1. The molecule has 17 heteroatoms. The quantitative estimate of drug-likeness (QED) is 0.0980. The van der Waals surface area contributed by atoms with Gasteiger partial charge in [-0.05, 0) is 60.5 Å². The van der Waals surface area contributed by atoms with Crippen LogP contribution in [-0.2, 0) is 35.3 Å². The molecule has 6 aromatic rings. The second-order valence-corrected chi connectivity index (χ2v) is 14.5. The molecular formula is C40H40ClFN6O7S2. The van der Waals surface area contributed by atoms with Crippen LogP contribution < -0.4 is 34.3 Å². The second kappa shape index (κ2) is 20.9. The number of nitrogens with zero attached hydrogens (tertiary/aromatic N) is 4. The number of aromatic nitrogens is 4. The van der Waals surface area contributed by atoms with Gasteiger partial charge in [-0.2, -0.15) is 0 Å². The first-order chi connectivity index (χ1) is 27.6. The molecule has 0 unspecified atom stereocenters. The standard InChI is InChI=1S/C21H23N3O4S.C19H17ClFN3O3S/c1-4-28-16-8-6-5-7-15(16)13-19(25)22-21-24-23-20(29-21)12-14-9-10-17(26-2)18(11-14)27-3;1-26-15-7-6-11(8-16(15)27-2)9-18-23-24-19(28-18)22-17(25)10-12-13(20)4-3-5-14(12)21/h5-11H,4,12-13H2,1-3H3,(H,22,24,25);3-8H,9-10H2,1-2H3,(H,22,24,25). The van der Waals surface area contributed by atoms with Crippen LogP contribution in [0.2, 0.25) is 5.02 Å². The van der Waals surface area contributed by atoms with Gasteiger partial charge in [0.15, 0.2) is 23.0 Å². The van der Waals surface area contributed by atoms with Crippen LogP contribution in [0.3, 0.4) is 0 Å². The van der Waals surface area contributed by atoms with E-state index in [1.54, 1.807) is 34.5 Å². The zero-order valence-electron chi connectivity index (χ0n) is 31.8. The van der Waals surface area contributed by atoms with E-state index in [1.807, 2.05) is 67.6 Å². The number of methoxy groups -OCH3 is 4. The maximum absolute atomic E-state index is 13.8. The lowest BCUT2D eigenvalue weighted by Gasteiger charge is -2.09. The number of hydrogen-bond donors (Lipinski definition) is 2. The van der Waals surface area contributed by atoms with E-state index in [2.05, 4.69) is 31.0 Å². The van der Waals surface area contributed by atoms with Crippen LogP contribution in [0, 0.1) is 5.82 Å². The number of amides is 2. The van der Waals surface area contributed by atoms with Crippen LogP contribution in [0.5, 0.6) is 28.7 Å². The molecule has 2 amide bonds. The van der Waals surface area contributed by atoms with Crippen molar-refractivity contribution >= 4 is 56.4 Å². The average Bonchev–Trinajstić information content (AvgIpc) is 3.85. The molecule has 0 aliphatic heterocycles. The molecule has 298 valence electrons. The normalized spacial score (nSPS) is 10.5. The van der Waals surface area contributed by atoms with Crippen LogP contribution in [0.25, 0.3) is 0 Å². The van der Waals surface area contributed by atoms with E-state index in [0.717, 1.165) is 27.4 Å². The third kappa shape index (κ3) is 12.1. The number of hydrogen-bond acceptors (Lipinski definition) is 13. The van der Waals surface area contributed by atoms with Gasteiger partial charge < -0.3 is 34.3 Å². The molecule has 4 aromatic carbocycles. The van der Waals surface area contributed by atoms with Gasteiger partial charge in [-0.1, -0.05) is 70.7 Å². The van der Waals surface area contributed by atoms with Gasteiger partial charge in [-0.3, -0.25) is 9.59 Å². The Kier molecular flexibility index (Phi) is 15.5. The number of benzene rings is 4.